The second-order valence-electron chi connectivity index (χ2n) is 4.47. The highest BCUT2D eigenvalue weighted by atomic mass is 16.5. The second kappa shape index (κ2) is 3.86. The third-order valence-electron chi connectivity index (χ3n) is 3.37. The highest BCUT2D eigenvalue weighted by Gasteiger charge is 2.12. The summed E-state index contributed by atoms with van der Waals surface area (Å²) >= 11 is 0. The van der Waals surface area contributed by atoms with Crippen LogP contribution >= 0.6 is 0 Å². The molecule has 0 amide bonds. The van der Waals surface area contributed by atoms with Crippen molar-refractivity contribution in [2.75, 3.05) is 14.2 Å². The molecule has 4 rings (SSSR count). The first-order valence-corrected chi connectivity index (χ1v) is 6.18. The van der Waals surface area contributed by atoms with Crippen molar-refractivity contribution in [3.63, 3.8) is 0 Å². The van der Waals surface area contributed by atoms with Gasteiger partial charge in [0, 0.05) is 0 Å². The molecule has 4 heterocycles. The largest absolute Gasteiger partial charge is 0.495 e. The molecule has 4 aromatic heterocycles. The summed E-state index contributed by atoms with van der Waals surface area (Å²) in [7, 11) is 3.29. The highest BCUT2D eigenvalue weighted by molar-refractivity contribution is 5.79. The third-order valence-corrected chi connectivity index (χ3v) is 3.37. The van der Waals surface area contributed by atoms with Gasteiger partial charge in [0.2, 0.25) is 0 Å². The van der Waals surface area contributed by atoms with E-state index in [1.807, 2.05) is 45.5 Å². The molecule has 0 atom stereocenters. The number of methoxy groups -OCH3 is 2. The van der Waals surface area contributed by atoms with Crippen LogP contribution in [0.4, 0.5) is 0 Å². The quantitative estimate of drug-likeness (QED) is 0.559. The summed E-state index contributed by atoms with van der Waals surface area (Å²) in [6.45, 7) is 0. The van der Waals surface area contributed by atoms with Crippen LogP contribution in [0.3, 0.4) is 0 Å². The fourth-order valence-electron chi connectivity index (χ4n) is 2.35. The molecule has 0 aliphatic heterocycles. The first-order chi connectivity index (χ1) is 9.80. The summed E-state index contributed by atoms with van der Waals surface area (Å²) in [4.78, 5) is 9.21. The van der Waals surface area contributed by atoms with Crippen LogP contribution in [0.2, 0.25) is 0 Å². The van der Waals surface area contributed by atoms with E-state index in [-0.39, 0.29) is 0 Å². The molecule has 0 saturated heterocycles. The van der Waals surface area contributed by atoms with Gasteiger partial charge in [0.05, 0.1) is 26.6 Å². The van der Waals surface area contributed by atoms with Crippen LogP contribution in [0.5, 0.6) is 11.5 Å². The van der Waals surface area contributed by atoms with Gasteiger partial charge in [-0.1, -0.05) is 0 Å². The topological polar surface area (TPSA) is 53.1 Å². The van der Waals surface area contributed by atoms with E-state index in [0.29, 0.717) is 0 Å². The maximum atomic E-state index is 5.25. The Hall–Kier alpha value is -2.76. The Morgan fingerprint density at radius 1 is 0.750 bits per heavy atom. The van der Waals surface area contributed by atoms with E-state index >= 15 is 0 Å². The maximum absolute atomic E-state index is 5.25. The highest BCUT2D eigenvalue weighted by Crippen LogP contribution is 2.23. The molecule has 0 unspecified atom stereocenters. The summed E-state index contributed by atoms with van der Waals surface area (Å²) < 4.78 is 14.3. The third kappa shape index (κ3) is 1.38. The van der Waals surface area contributed by atoms with Crippen LogP contribution in [0.25, 0.3) is 22.6 Å². The Morgan fingerprint density at radius 3 is 1.60 bits per heavy atom. The fraction of sp³-hybridized carbons (Fsp3) is 0.143. The molecule has 100 valence electrons. The van der Waals surface area contributed by atoms with E-state index in [0.717, 1.165) is 34.1 Å². The van der Waals surface area contributed by atoms with Crippen molar-refractivity contribution >= 4 is 22.6 Å². The van der Waals surface area contributed by atoms with Crippen molar-refractivity contribution in [1.82, 2.24) is 18.8 Å². The summed E-state index contributed by atoms with van der Waals surface area (Å²) in [6, 6.07) is 7.59. The molecule has 0 radical (unpaired) electrons. The van der Waals surface area contributed by atoms with Crippen LogP contribution in [0.1, 0.15) is 0 Å². The fourth-order valence-corrected chi connectivity index (χ4v) is 2.35. The smallest absolute Gasteiger partial charge is 0.184 e. The molecule has 6 heteroatoms. The number of imidazole rings is 2. The first-order valence-electron chi connectivity index (χ1n) is 6.18. The Labute approximate surface area is 114 Å². The molecule has 0 bridgehead atoms. The predicted octanol–water partition coefficient (Wildman–Crippen LogP) is 2.15. The lowest BCUT2D eigenvalue weighted by atomic mass is 10.4. The summed E-state index contributed by atoms with van der Waals surface area (Å²) in [5.41, 5.74) is 3.26. The summed E-state index contributed by atoms with van der Waals surface area (Å²) in [5, 5.41) is 0. The number of hydrogen-bond donors (Lipinski definition) is 0. The zero-order valence-electron chi connectivity index (χ0n) is 11.1. The van der Waals surface area contributed by atoms with E-state index < -0.39 is 0 Å². The average Bonchev–Trinajstić information content (AvgIpc) is 3.02. The van der Waals surface area contributed by atoms with E-state index in [1.54, 1.807) is 14.2 Å². The van der Waals surface area contributed by atoms with Crippen LogP contribution < -0.4 is 9.47 Å². The number of hydrogen-bond acceptors (Lipinski definition) is 4. The summed E-state index contributed by atoms with van der Waals surface area (Å²) in [5.74, 6) is 1.54. The monoisotopic (exact) mass is 268 g/mol. The molecular formula is C14H12N4O2. The van der Waals surface area contributed by atoms with Gasteiger partial charge in [-0.2, -0.15) is 0 Å². The zero-order valence-corrected chi connectivity index (χ0v) is 11.1. The van der Waals surface area contributed by atoms with Gasteiger partial charge < -0.3 is 9.47 Å². The van der Waals surface area contributed by atoms with Crippen LogP contribution in [-0.4, -0.2) is 33.0 Å². The van der Waals surface area contributed by atoms with Crippen molar-refractivity contribution in [3.05, 3.63) is 36.7 Å². The number of fused-ring (bicyclic) bond motifs is 5. The van der Waals surface area contributed by atoms with Crippen molar-refractivity contribution in [2.24, 2.45) is 0 Å². The van der Waals surface area contributed by atoms with E-state index in [4.69, 9.17) is 9.47 Å². The molecule has 0 aromatic carbocycles. The molecule has 0 aliphatic rings. The van der Waals surface area contributed by atoms with Gasteiger partial charge in [-0.25, -0.2) is 9.97 Å². The molecule has 0 spiro atoms. The van der Waals surface area contributed by atoms with Crippen molar-refractivity contribution in [1.29, 1.82) is 0 Å². The Kier molecular flexibility index (Phi) is 2.14. The molecular weight excluding hydrogens is 256 g/mol. The molecule has 20 heavy (non-hydrogen) atoms. The van der Waals surface area contributed by atoms with E-state index in [9.17, 15) is 0 Å². The number of pyridine rings is 2. The first kappa shape index (κ1) is 11.1. The number of nitrogens with zero attached hydrogens (tertiary/aromatic N) is 4. The van der Waals surface area contributed by atoms with Crippen LogP contribution in [0, 0.1) is 0 Å². The second-order valence-corrected chi connectivity index (χ2v) is 4.47. The zero-order chi connectivity index (χ0) is 13.7. The average molecular weight is 268 g/mol. The van der Waals surface area contributed by atoms with Crippen molar-refractivity contribution < 1.29 is 9.47 Å². The standard InChI is InChI=1S/C14H12N4O2/c1-19-9-3-5-11-15-14-13(17(11)7-9)16-12-6-4-10(20-2)8-18(12)14/h3-8H,1-2H3. The SMILES string of the molecule is COc1ccc2nc3c(nc4ccc(OC)cn43)n2c1. The number of rotatable bonds is 2. The van der Waals surface area contributed by atoms with E-state index in [1.165, 1.54) is 0 Å². The minimum atomic E-state index is 0.770. The Morgan fingerprint density at radius 2 is 1.20 bits per heavy atom. The number of aromatic nitrogens is 4. The molecule has 0 N–H and O–H groups in total. The van der Waals surface area contributed by atoms with Gasteiger partial charge in [-0.05, 0) is 24.3 Å². The van der Waals surface area contributed by atoms with Gasteiger partial charge in [0.1, 0.15) is 22.8 Å². The van der Waals surface area contributed by atoms with Gasteiger partial charge in [-0.15, -0.1) is 0 Å². The normalized spacial score (nSPS) is 11.5. The lowest BCUT2D eigenvalue weighted by Crippen LogP contribution is -1.90. The lowest BCUT2D eigenvalue weighted by Gasteiger charge is -2.00. The number of ether oxygens (including phenoxy) is 2. The van der Waals surface area contributed by atoms with Gasteiger partial charge in [0.25, 0.3) is 0 Å². The Bertz CT molecular complexity index is 861. The minimum Gasteiger partial charge on any atom is -0.495 e. The lowest BCUT2D eigenvalue weighted by molar-refractivity contribution is 0.412. The van der Waals surface area contributed by atoms with Crippen LogP contribution in [-0.2, 0) is 0 Å². The van der Waals surface area contributed by atoms with E-state index in [2.05, 4.69) is 9.97 Å². The molecule has 4 aromatic rings. The van der Waals surface area contributed by atoms with Gasteiger partial charge >= 0.3 is 0 Å². The van der Waals surface area contributed by atoms with Gasteiger partial charge in [0.15, 0.2) is 11.3 Å². The maximum Gasteiger partial charge on any atom is 0.184 e. The van der Waals surface area contributed by atoms with Crippen molar-refractivity contribution in [3.8, 4) is 11.5 Å². The predicted molar refractivity (Wildman–Crippen MR) is 74.6 cm³/mol. The minimum absolute atomic E-state index is 0.770. The summed E-state index contributed by atoms with van der Waals surface area (Å²) in [6.07, 6.45) is 3.77. The van der Waals surface area contributed by atoms with Crippen molar-refractivity contribution in [2.45, 2.75) is 0 Å². The molecule has 0 saturated carbocycles. The molecule has 0 aliphatic carbocycles. The molecule has 6 nitrogen and oxygen atoms in total. The van der Waals surface area contributed by atoms with Gasteiger partial charge in [-0.3, -0.25) is 8.80 Å². The Balaban J connectivity index is 2.12. The van der Waals surface area contributed by atoms with Crippen LogP contribution in [0.15, 0.2) is 36.7 Å². The molecule has 0 fully saturated rings.